The Kier molecular flexibility index (Phi) is 5.86. The maximum Gasteiger partial charge on any atom is 0.416 e. The number of rotatable bonds is 5. The minimum absolute atomic E-state index is 0.0504. The zero-order chi connectivity index (χ0) is 22.2. The second-order valence-corrected chi connectivity index (χ2v) is 7.46. The average molecular weight is 431 g/mol. The van der Waals surface area contributed by atoms with Gasteiger partial charge in [0.25, 0.3) is 0 Å². The molecular weight excluding hydrogens is 412 g/mol. The molecule has 0 aliphatic heterocycles. The predicted octanol–water partition coefficient (Wildman–Crippen LogP) is 6.36. The molecule has 0 saturated heterocycles. The maximum atomic E-state index is 13.1. The fourth-order valence-electron chi connectivity index (χ4n) is 3.58. The van der Waals surface area contributed by atoms with Crippen LogP contribution in [0.1, 0.15) is 48.1 Å². The molecule has 0 amide bonds. The van der Waals surface area contributed by atoms with Gasteiger partial charge in [-0.15, -0.1) is 0 Å². The van der Waals surface area contributed by atoms with Gasteiger partial charge in [-0.2, -0.15) is 26.3 Å². The van der Waals surface area contributed by atoms with Crippen LogP contribution < -0.4 is 0 Å². The molecule has 1 unspecified atom stereocenters. The monoisotopic (exact) mass is 431 g/mol. The number of alkyl halides is 6. The van der Waals surface area contributed by atoms with E-state index in [0.717, 1.165) is 5.56 Å². The third-order valence-electron chi connectivity index (χ3n) is 5.30. The molecule has 1 N–H and O–H groups in total. The summed E-state index contributed by atoms with van der Waals surface area (Å²) in [5.41, 5.74) is -2.07. The molecule has 0 bridgehead atoms. The highest BCUT2D eigenvalue weighted by Gasteiger charge is 2.44. The molecule has 0 spiro atoms. The zero-order valence-corrected chi connectivity index (χ0v) is 15.9. The molecule has 162 valence electrons. The Labute approximate surface area is 169 Å². The van der Waals surface area contributed by atoms with Gasteiger partial charge in [-0.1, -0.05) is 35.5 Å². The lowest BCUT2D eigenvalue weighted by Crippen LogP contribution is -2.45. The van der Waals surface area contributed by atoms with Crippen LogP contribution >= 0.6 is 0 Å². The number of hydrogen-bond acceptors (Lipinski definition) is 3. The molecule has 9 heteroatoms. The molecule has 3 nitrogen and oxygen atoms in total. The molecule has 2 aromatic carbocycles. The maximum absolute atomic E-state index is 13.1. The van der Waals surface area contributed by atoms with Crippen molar-refractivity contribution in [2.45, 2.75) is 43.6 Å². The molecule has 0 heterocycles. The summed E-state index contributed by atoms with van der Waals surface area (Å²) in [4.78, 5) is 0. The molecule has 0 radical (unpaired) electrons. The Morgan fingerprint density at radius 1 is 0.967 bits per heavy atom. The number of nitrogens with zero attached hydrogens (tertiary/aromatic N) is 1. The lowest BCUT2D eigenvalue weighted by Gasteiger charge is -2.43. The fraction of sp³-hybridized carbons (Fsp3) is 0.381. The Hall–Kier alpha value is -2.55. The Morgan fingerprint density at radius 2 is 1.50 bits per heavy atom. The summed E-state index contributed by atoms with van der Waals surface area (Å²) in [6.07, 6.45) is -10.1. The molecule has 30 heavy (non-hydrogen) atoms. The van der Waals surface area contributed by atoms with Crippen molar-refractivity contribution in [2.24, 2.45) is 5.16 Å². The summed E-state index contributed by atoms with van der Waals surface area (Å²) in [6.45, 7) is 1.46. The standard InChI is InChI=1S/C21H19F6NO2/c1-13(14-7-16(20(22,23)24)9-17(8-14)21(25,26)27)30-12-19(10-18(11-19)28-29)15-5-3-2-4-6-15/h2-9,13,29H,10-12H2,1H3. The minimum Gasteiger partial charge on any atom is -0.411 e. The van der Waals surface area contributed by atoms with Crippen LogP contribution in [0, 0.1) is 0 Å². The smallest absolute Gasteiger partial charge is 0.411 e. The van der Waals surface area contributed by atoms with Crippen molar-refractivity contribution in [3.05, 3.63) is 70.8 Å². The normalized spacial score (nSPS) is 20.6. The molecular formula is C21H19F6NO2. The summed E-state index contributed by atoms with van der Waals surface area (Å²) in [5, 5.41) is 12.2. The Balaban J connectivity index is 1.85. The second kappa shape index (κ2) is 7.94. The van der Waals surface area contributed by atoms with E-state index >= 15 is 0 Å². The van der Waals surface area contributed by atoms with E-state index in [1.165, 1.54) is 6.92 Å². The summed E-state index contributed by atoms with van der Waals surface area (Å²) in [5.74, 6) is 0. The van der Waals surface area contributed by atoms with Crippen molar-refractivity contribution < 1.29 is 36.3 Å². The van der Waals surface area contributed by atoms with Gasteiger partial charge in [-0.3, -0.25) is 0 Å². The van der Waals surface area contributed by atoms with Crippen LogP contribution in [-0.2, 0) is 22.5 Å². The van der Waals surface area contributed by atoms with Crippen molar-refractivity contribution >= 4 is 5.71 Å². The van der Waals surface area contributed by atoms with Gasteiger partial charge in [-0.05, 0) is 36.2 Å². The SMILES string of the molecule is CC(OCC1(c2ccccc2)CC(=NO)C1)c1cc(C(F)(F)F)cc(C(F)(F)F)c1. The van der Waals surface area contributed by atoms with E-state index in [2.05, 4.69) is 5.16 Å². The molecule has 3 rings (SSSR count). The first-order valence-corrected chi connectivity index (χ1v) is 9.11. The first kappa shape index (κ1) is 22.1. The molecule has 1 aliphatic carbocycles. The molecule has 1 saturated carbocycles. The van der Waals surface area contributed by atoms with Gasteiger partial charge < -0.3 is 9.94 Å². The van der Waals surface area contributed by atoms with Crippen LogP contribution in [0.3, 0.4) is 0 Å². The van der Waals surface area contributed by atoms with E-state index in [0.29, 0.717) is 30.7 Å². The first-order chi connectivity index (χ1) is 13.9. The van der Waals surface area contributed by atoms with E-state index in [9.17, 15) is 26.3 Å². The lowest BCUT2D eigenvalue weighted by molar-refractivity contribution is -0.143. The third kappa shape index (κ3) is 4.61. The summed E-state index contributed by atoms with van der Waals surface area (Å²) >= 11 is 0. The van der Waals surface area contributed by atoms with Crippen LogP contribution in [0.4, 0.5) is 26.3 Å². The van der Waals surface area contributed by atoms with Gasteiger partial charge in [0.05, 0.1) is 29.5 Å². The topological polar surface area (TPSA) is 41.8 Å². The zero-order valence-electron chi connectivity index (χ0n) is 15.9. The van der Waals surface area contributed by atoms with Gasteiger partial charge >= 0.3 is 12.4 Å². The molecule has 0 aromatic heterocycles. The summed E-state index contributed by atoms with van der Waals surface area (Å²) < 4.78 is 84.3. The van der Waals surface area contributed by atoms with E-state index in [1.54, 1.807) is 0 Å². The molecule has 1 atom stereocenters. The Morgan fingerprint density at radius 3 is 1.97 bits per heavy atom. The molecule has 2 aromatic rings. The highest BCUT2D eigenvalue weighted by molar-refractivity contribution is 5.93. The second-order valence-electron chi connectivity index (χ2n) is 7.46. The summed E-state index contributed by atoms with van der Waals surface area (Å²) in [7, 11) is 0. The predicted molar refractivity (Wildman–Crippen MR) is 97.4 cm³/mol. The molecule has 1 fully saturated rings. The largest absolute Gasteiger partial charge is 0.416 e. The van der Waals surface area contributed by atoms with Crippen molar-refractivity contribution in [3.63, 3.8) is 0 Å². The van der Waals surface area contributed by atoms with Crippen molar-refractivity contribution in [2.75, 3.05) is 6.61 Å². The molecule has 1 aliphatic rings. The van der Waals surface area contributed by atoms with E-state index in [4.69, 9.17) is 9.94 Å². The van der Waals surface area contributed by atoms with Gasteiger partial charge in [0.15, 0.2) is 0 Å². The number of halogens is 6. The van der Waals surface area contributed by atoms with Gasteiger partial charge in [0.1, 0.15) is 0 Å². The lowest BCUT2D eigenvalue weighted by atomic mass is 9.63. The summed E-state index contributed by atoms with van der Waals surface area (Å²) in [6, 6.07) is 10.6. The van der Waals surface area contributed by atoms with Crippen molar-refractivity contribution in [3.8, 4) is 0 Å². The number of benzene rings is 2. The third-order valence-corrected chi connectivity index (χ3v) is 5.30. The van der Waals surface area contributed by atoms with Crippen LogP contribution in [0.15, 0.2) is 53.7 Å². The van der Waals surface area contributed by atoms with E-state index < -0.39 is 35.0 Å². The minimum atomic E-state index is -4.92. The van der Waals surface area contributed by atoms with Gasteiger partial charge in [0.2, 0.25) is 0 Å². The van der Waals surface area contributed by atoms with Crippen molar-refractivity contribution in [1.29, 1.82) is 0 Å². The number of ether oxygens (including phenoxy) is 1. The first-order valence-electron chi connectivity index (χ1n) is 9.11. The van der Waals surface area contributed by atoms with E-state index in [1.807, 2.05) is 30.3 Å². The number of oxime groups is 1. The van der Waals surface area contributed by atoms with Gasteiger partial charge in [-0.25, -0.2) is 0 Å². The van der Waals surface area contributed by atoms with Crippen LogP contribution in [0.25, 0.3) is 0 Å². The van der Waals surface area contributed by atoms with Crippen LogP contribution in [-0.4, -0.2) is 17.5 Å². The van der Waals surface area contributed by atoms with Gasteiger partial charge in [0, 0.05) is 18.3 Å². The number of hydrogen-bond donors (Lipinski definition) is 1. The van der Waals surface area contributed by atoms with E-state index in [-0.39, 0.29) is 18.2 Å². The van der Waals surface area contributed by atoms with Crippen LogP contribution in [0.2, 0.25) is 0 Å². The van der Waals surface area contributed by atoms with Crippen LogP contribution in [0.5, 0.6) is 0 Å². The Bertz CT molecular complexity index is 881. The highest BCUT2D eigenvalue weighted by atomic mass is 19.4. The fourth-order valence-corrected chi connectivity index (χ4v) is 3.58. The quantitative estimate of drug-likeness (QED) is 0.340. The van der Waals surface area contributed by atoms with Crippen molar-refractivity contribution in [1.82, 2.24) is 0 Å². The average Bonchev–Trinajstić information content (AvgIpc) is 2.66. The highest BCUT2D eigenvalue weighted by Crippen LogP contribution is 2.44.